The number of hydrogen-bond donors (Lipinski definition) is 1. The second-order valence-corrected chi connectivity index (χ2v) is 6.33. The van der Waals surface area contributed by atoms with Crippen molar-refractivity contribution >= 4 is 22.4 Å². The van der Waals surface area contributed by atoms with E-state index >= 15 is 0 Å². The van der Waals surface area contributed by atoms with Crippen molar-refractivity contribution in [3.8, 4) is 5.75 Å². The quantitative estimate of drug-likeness (QED) is 0.692. The lowest BCUT2D eigenvalue weighted by Crippen LogP contribution is -2.32. The van der Waals surface area contributed by atoms with Crippen LogP contribution < -0.4 is 10.1 Å². The molecule has 3 rings (SSSR count). The van der Waals surface area contributed by atoms with Gasteiger partial charge in [0, 0.05) is 5.69 Å². The number of rotatable bonds is 5. The van der Waals surface area contributed by atoms with E-state index in [1.54, 1.807) is 0 Å². The van der Waals surface area contributed by atoms with Gasteiger partial charge in [0.15, 0.2) is 6.10 Å². The molecule has 0 aliphatic carbocycles. The summed E-state index contributed by atoms with van der Waals surface area (Å²) >= 11 is 0. The van der Waals surface area contributed by atoms with Crippen LogP contribution in [0.1, 0.15) is 24.5 Å². The molecule has 0 aliphatic rings. The van der Waals surface area contributed by atoms with Crippen molar-refractivity contribution in [2.45, 2.75) is 33.3 Å². The molecule has 0 bridgehead atoms. The first-order valence-corrected chi connectivity index (χ1v) is 8.60. The van der Waals surface area contributed by atoms with Gasteiger partial charge in [-0.3, -0.25) is 4.79 Å². The molecule has 0 aliphatic heterocycles. The van der Waals surface area contributed by atoms with E-state index in [0.717, 1.165) is 27.6 Å². The molecular formula is C22H23NO2. The monoisotopic (exact) mass is 333 g/mol. The van der Waals surface area contributed by atoms with Gasteiger partial charge in [0.25, 0.3) is 5.91 Å². The van der Waals surface area contributed by atoms with Gasteiger partial charge in [-0.1, -0.05) is 49.4 Å². The number of ether oxygens (including phenoxy) is 1. The topological polar surface area (TPSA) is 38.3 Å². The van der Waals surface area contributed by atoms with Crippen LogP contribution in [0.5, 0.6) is 5.75 Å². The molecule has 1 N–H and O–H groups in total. The minimum Gasteiger partial charge on any atom is -0.481 e. The van der Waals surface area contributed by atoms with Crippen molar-refractivity contribution in [3.05, 3.63) is 71.8 Å². The highest BCUT2D eigenvalue weighted by Gasteiger charge is 2.19. The molecule has 0 radical (unpaired) electrons. The van der Waals surface area contributed by atoms with Crippen LogP contribution in [0.3, 0.4) is 0 Å². The first-order chi connectivity index (χ1) is 12.1. The molecule has 0 spiro atoms. The number of anilines is 1. The Morgan fingerprint density at radius 2 is 1.76 bits per heavy atom. The zero-order valence-electron chi connectivity index (χ0n) is 14.9. The summed E-state index contributed by atoms with van der Waals surface area (Å²) in [6.45, 7) is 5.95. The molecule has 0 aromatic heterocycles. The van der Waals surface area contributed by atoms with E-state index in [1.165, 1.54) is 0 Å². The summed E-state index contributed by atoms with van der Waals surface area (Å²) in [5.41, 5.74) is 2.99. The van der Waals surface area contributed by atoms with Crippen LogP contribution >= 0.6 is 0 Å². The smallest absolute Gasteiger partial charge is 0.265 e. The van der Waals surface area contributed by atoms with Crippen LogP contribution in [0.4, 0.5) is 5.69 Å². The summed E-state index contributed by atoms with van der Waals surface area (Å²) < 4.78 is 5.96. The fourth-order valence-electron chi connectivity index (χ4n) is 2.81. The van der Waals surface area contributed by atoms with Crippen molar-refractivity contribution in [1.82, 2.24) is 0 Å². The minimum atomic E-state index is -0.527. The summed E-state index contributed by atoms with van der Waals surface area (Å²) in [6, 6.07) is 20.0. The largest absolute Gasteiger partial charge is 0.481 e. The summed E-state index contributed by atoms with van der Waals surface area (Å²) in [6.07, 6.45) is 0.0739. The van der Waals surface area contributed by atoms with E-state index in [4.69, 9.17) is 4.74 Å². The molecule has 1 amide bonds. The molecule has 3 aromatic rings. The first kappa shape index (κ1) is 17.0. The third-order valence-electron chi connectivity index (χ3n) is 4.31. The summed E-state index contributed by atoms with van der Waals surface area (Å²) in [7, 11) is 0. The lowest BCUT2D eigenvalue weighted by molar-refractivity contribution is -0.122. The van der Waals surface area contributed by atoms with E-state index in [-0.39, 0.29) is 5.91 Å². The van der Waals surface area contributed by atoms with Crippen LogP contribution in [-0.2, 0) is 4.79 Å². The second-order valence-electron chi connectivity index (χ2n) is 6.33. The number of hydrogen-bond acceptors (Lipinski definition) is 2. The van der Waals surface area contributed by atoms with Gasteiger partial charge in [-0.25, -0.2) is 0 Å². The Kier molecular flexibility index (Phi) is 5.03. The van der Waals surface area contributed by atoms with Crippen LogP contribution in [0.25, 0.3) is 10.8 Å². The van der Waals surface area contributed by atoms with Gasteiger partial charge in [0.2, 0.25) is 0 Å². The first-order valence-electron chi connectivity index (χ1n) is 8.60. The van der Waals surface area contributed by atoms with Gasteiger partial charge in [-0.15, -0.1) is 0 Å². The maximum atomic E-state index is 12.6. The van der Waals surface area contributed by atoms with E-state index in [2.05, 4.69) is 11.4 Å². The number of carbonyl (C=O) groups excluding carboxylic acids is 1. The molecule has 0 unspecified atom stereocenters. The van der Waals surface area contributed by atoms with Crippen LogP contribution in [0, 0.1) is 13.8 Å². The van der Waals surface area contributed by atoms with Crippen molar-refractivity contribution < 1.29 is 9.53 Å². The molecule has 3 aromatic carbocycles. The molecule has 0 heterocycles. The number of carbonyl (C=O) groups is 1. The average Bonchev–Trinajstić information content (AvgIpc) is 2.62. The molecule has 0 fully saturated rings. The highest BCUT2D eigenvalue weighted by Crippen LogP contribution is 2.23. The molecule has 25 heavy (non-hydrogen) atoms. The number of amides is 1. The van der Waals surface area contributed by atoms with Crippen LogP contribution in [-0.4, -0.2) is 12.0 Å². The van der Waals surface area contributed by atoms with Crippen molar-refractivity contribution in [1.29, 1.82) is 0 Å². The zero-order valence-corrected chi connectivity index (χ0v) is 14.9. The highest BCUT2D eigenvalue weighted by atomic mass is 16.5. The maximum Gasteiger partial charge on any atom is 0.265 e. The molecule has 3 heteroatoms. The van der Waals surface area contributed by atoms with Crippen molar-refractivity contribution in [2.24, 2.45) is 0 Å². The number of aryl methyl sites for hydroxylation is 2. The average molecular weight is 333 g/mol. The van der Waals surface area contributed by atoms with E-state index < -0.39 is 6.10 Å². The summed E-state index contributed by atoms with van der Waals surface area (Å²) in [5, 5.41) is 5.25. The van der Waals surface area contributed by atoms with Crippen LogP contribution in [0.2, 0.25) is 0 Å². The summed E-state index contributed by atoms with van der Waals surface area (Å²) in [4.78, 5) is 12.6. The molecule has 128 valence electrons. The molecule has 1 atom stereocenters. The van der Waals surface area contributed by atoms with E-state index in [0.29, 0.717) is 12.2 Å². The van der Waals surface area contributed by atoms with Gasteiger partial charge in [0.1, 0.15) is 5.75 Å². The Balaban J connectivity index is 1.76. The fraction of sp³-hybridized carbons (Fsp3) is 0.227. The second kappa shape index (κ2) is 7.39. The van der Waals surface area contributed by atoms with Crippen LogP contribution in [0.15, 0.2) is 60.7 Å². The number of benzene rings is 3. The Bertz CT molecular complexity index is 901. The Hall–Kier alpha value is -2.81. The van der Waals surface area contributed by atoms with E-state index in [1.807, 2.05) is 75.4 Å². The van der Waals surface area contributed by atoms with Crippen molar-refractivity contribution in [2.75, 3.05) is 5.32 Å². The van der Waals surface area contributed by atoms with Gasteiger partial charge in [-0.2, -0.15) is 0 Å². The fourth-order valence-corrected chi connectivity index (χ4v) is 2.81. The van der Waals surface area contributed by atoms with Gasteiger partial charge in [-0.05, 0) is 60.4 Å². The van der Waals surface area contributed by atoms with E-state index in [9.17, 15) is 4.79 Å². The lowest BCUT2D eigenvalue weighted by atomic mass is 10.1. The SMILES string of the molecule is CC[C@@H](Oc1ccc2ccccc2c1)C(=O)Nc1cc(C)ccc1C. The van der Waals surface area contributed by atoms with Gasteiger partial charge >= 0.3 is 0 Å². The third-order valence-corrected chi connectivity index (χ3v) is 4.31. The Morgan fingerprint density at radius 3 is 2.52 bits per heavy atom. The lowest BCUT2D eigenvalue weighted by Gasteiger charge is -2.18. The number of fused-ring (bicyclic) bond motifs is 1. The maximum absolute atomic E-state index is 12.6. The van der Waals surface area contributed by atoms with Crippen molar-refractivity contribution in [3.63, 3.8) is 0 Å². The predicted molar refractivity (Wildman–Crippen MR) is 103 cm³/mol. The number of nitrogens with one attached hydrogen (secondary N) is 1. The van der Waals surface area contributed by atoms with Gasteiger partial charge < -0.3 is 10.1 Å². The third kappa shape index (κ3) is 4.00. The molecule has 3 nitrogen and oxygen atoms in total. The molecule has 0 saturated heterocycles. The van der Waals surface area contributed by atoms with Gasteiger partial charge in [0.05, 0.1) is 0 Å². The molecule has 0 saturated carbocycles. The Labute approximate surface area is 148 Å². The standard InChI is InChI=1S/C22H23NO2/c1-4-21(22(24)23-20-13-15(2)9-10-16(20)3)25-19-12-11-17-7-5-6-8-18(17)14-19/h5-14,21H,4H2,1-3H3,(H,23,24)/t21-/m1/s1. The normalized spacial score (nSPS) is 12.0. The highest BCUT2D eigenvalue weighted by molar-refractivity contribution is 5.95. The molecular weight excluding hydrogens is 310 g/mol. The minimum absolute atomic E-state index is 0.121. The zero-order chi connectivity index (χ0) is 17.8. The predicted octanol–water partition coefficient (Wildman–Crippen LogP) is 5.25. The Morgan fingerprint density at radius 1 is 1.00 bits per heavy atom. The summed E-state index contributed by atoms with van der Waals surface area (Å²) in [5.74, 6) is 0.589.